The van der Waals surface area contributed by atoms with E-state index < -0.39 is 20.2 Å². The number of hydroxylamine groups is 1. The summed E-state index contributed by atoms with van der Waals surface area (Å²) in [5.74, 6) is -0.315. The molecule has 0 saturated heterocycles. The summed E-state index contributed by atoms with van der Waals surface area (Å²) in [6.45, 7) is 3.42. The largest absolute Gasteiger partial charge is 0.341 e. The quantitative estimate of drug-likeness (QED) is 0.108. The Labute approximate surface area is 248 Å². The number of hydrogen-bond acceptors (Lipinski definition) is 7. The predicted molar refractivity (Wildman–Crippen MR) is 168 cm³/mol. The first kappa shape index (κ1) is 31.6. The standard InChI is InChI=1S/C31H37N3O6S2/c1-2-32-40-42(38,39)25-10-8-23-34-29(21-19-27-13-4-6-17-31(27)34)15-11-14-28-20-18-26-12-3-5-16-30(26)33(28)22-7-9-24-41(35,36)37/h3-6,11-21,32H,2,7-10,22-25H2,1H3/p+1. The van der Waals surface area contributed by atoms with E-state index in [1.807, 2.05) is 60.7 Å². The summed E-state index contributed by atoms with van der Waals surface area (Å²) in [7, 11) is -7.60. The van der Waals surface area contributed by atoms with Gasteiger partial charge in [-0.2, -0.15) is 31.2 Å². The maximum atomic E-state index is 12.0. The summed E-state index contributed by atoms with van der Waals surface area (Å²) in [5, 5.41) is 1.10. The number of hydrogen-bond donors (Lipinski definition) is 2. The maximum Gasteiger partial charge on any atom is 0.283 e. The number of nitrogens with zero attached hydrogens (tertiary/aromatic N) is 2. The van der Waals surface area contributed by atoms with Crippen molar-refractivity contribution in [3.05, 3.63) is 95.8 Å². The first-order valence-electron chi connectivity index (χ1n) is 14.1. The fraction of sp³-hybridized carbons (Fsp3) is 0.323. The van der Waals surface area contributed by atoms with Crippen LogP contribution < -0.4 is 14.9 Å². The molecule has 9 nitrogen and oxygen atoms in total. The Hall–Kier alpha value is -3.35. The van der Waals surface area contributed by atoms with Crippen molar-refractivity contribution in [1.29, 1.82) is 0 Å². The summed E-state index contributed by atoms with van der Waals surface area (Å²) < 4.78 is 62.5. The number of aromatic nitrogens is 1. The van der Waals surface area contributed by atoms with Gasteiger partial charge in [0.1, 0.15) is 6.54 Å². The van der Waals surface area contributed by atoms with Crippen molar-refractivity contribution < 1.29 is 30.2 Å². The molecule has 0 fully saturated rings. The molecular weight excluding hydrogens is 574 g/mol. The molecule has 2 heterocycles. The van der Waals surface area contributed by atoms with Gasteiger partial charge in [-0.15, -0.1) is 0 Å². The Bertz CT molecular complexity index is 1680. The molecule has 0 spiro atoms. The SMILES string of the molecule is CCNOS(=O)(=O)CCCC[n+]1c(C=CC=C2C=Cc3ccccc3N2CCCCS(=O)(=O)O)ccc2ccccc21. The van der Waals surface area contributed by atoms with Gasteiger partial charge in [0.05, 0.1) is 11.5 Å². The maximum absolute atomic E-state index is 12.0. The fourth-order valence-corrected chi connectivity index (χ4v) is 6.39. The van der Waals surface area contributed by atoms with Crippen molar-refractivity contribution in [1.82, 2.24) is 5.48 Å². The zero-order valence-corrected chi connectivity index (χ0v) is 25.4. The second-order valence-electron chi connectivity index (χ2n) is 10.0. The molecule has 1 aliphatic rings. The van der Waals surface area contributed by atoms with E-state index >= 15 is 0 Å². The number of benzene rings is 2. The molecule has 0 radical (unpaired) electrons. The van der Waals surface area contributed by atoms with Gasteiger partial charge in [-0.3, -0.25) is 4.55 Å². The second kappa shape index (κ2) is 14.7. The van der Waals surface area contributed by atoms with Crippen molar-refractivity contribution in [2.45, 2.75) is 39.2 Å². The van der Waals surface area contributed by atoms with Gasteiger partial charge in [-0.05, 0) is 55.2 Å². The van der Waals surface area contributed by atoms with Gasteiger partial charge in [-0.25, -0.2) is 0 Å². The van der Waals surface area contributed by atoms with Crippen molar-refractivity contribution in [3.8, 4) is 0 Å². The number of fused-ring (bicyclic) bond motifs is 2. The molecule has 1 aromatic heterocycles. The fourth-order valence-electron chi connectivity index (χ4n) is 4.89. The highest BCUT2D eigenvalue weighted by atomic mass is 32.2. The molecule has 11 heteroatoms. The number of nitrogens with one attached hydrogen (secondary N) is 1. The molecule has 0 unspecified atom stereocenters. The van der Waals surface area contributed by atoms with Crippen LogP contribution in [0.2, 0.25) is 0 Å². The molecule has 3 aromatic rings. The van der Waals surface area contributed by atoms with Crippen LogP contribution in [0.5, 0.6) is 0 Å². The highest BCUT2D eigenvalue weighted by Gasteiger charge is 2.18. The predicted octanol–water partition coefficient (Wildman–Crippen LogP) is 4.88. The molecule has 2 N–H and O–H groups in total. The lowest BCUT2D eigenvalue weighted by Crippen LogP contribution is -2.38. The number of anilines is 1. The topological polar surface area (TPSA) is 117 Å². The molecule has 0 atom stereocenters. The minimum Gasteiger partial charge on any atom is -0.341 e. The Morgan fingerprint density at radius 2 is 1.67 bits per heavy atom. The van der Waals surface area contributed by atoms with E-state index in [4.69, 9.17) is 8.84 Å². The number of aryl methyl sites for hydroxylation is 1. The van der Waals surface area contributed by atoms with E-state index in [2.05, 4.69) is 45.3 Å². The van der Waals surface area contributed by atoms with E-state index in [-0.39, 0.29) is 11.5 Å². The average Bonchev–Trinajstić information content (AvgIpc) is 2.97. The molecule has 4 rings (SSSR count). The zero-order valence-electron chi connectivity index (χ0n) is 23.7. The number of unbranched alkanes of at least 4 members (excludes halogenated alkanes) is 2. The minimum absolute atomic E-state index is 0.0591. The number of rotatable bonds is 15. The highest BCUT2D eigenvalue weighted by Crippen LogP contribution is 2.31. The molecule has 0 saturated carbocycles. The summed E-state index contributed by atoms with van der Waals surface area (Å²) in [6, 6.07) is 20.3. The smallest absolute Gasteiger partial charge is 0.283 e. The van der Waals surface area contributed by atoms with Gasteiger partial charge in [0, 0.05) is 54.5 Å². The molecule has 0 aliphatic carbocycles. The summed E-state index contributed by atoms with van der Waals surface area (Å²) in [6.07, 6.45) is 12.3. The molecule has 0 bridgehead atoms. The summed E-state index contributed by atoms with van der Waals surface area (Å²) in [4.78, 5) is 2.16. The number of pyridine rings is 1. The van der Waals surface area contributed by atoms with Crippen molar-refractivity contribution in [3.63, 3.8) is 0 Å². The number of allylic oxidation sites excluding steroid dienone is 3. The van der Waals surface area contributed by atoms with Crippen LogP contribution in [0, 0.1) is 0 Å². The van der Waals surface area contributed by atoms with Gasteiger partial charge in [0.15, 0.2) is 0 Å². The molecular formula is C31H38N3O6S2+. The van der Waals surface area contributed by atoms with Crippen LogP contribution in [0.15, 0.2) is 84.6 Å². The monoisotopic (exact) mass is 612 g/mol. The minimum atomic E-state index is -3.99. The summed E-state index contributed by atoms with van der Waals surface area (Å²) >= 11 is 0. The van der Waals surface area contributed by atoms with Gasteiger partial charge in [0.25, 0.3) is 20.2 Å². The molecule has 0 amide bonds. The molecule has 42 heavy (non-hydrogen) atoms. The van der Waals surface area contributed by atoms with Crippen LogP contribution >= 0.6 is 0 Å². The molecule has 1 aliphatic heterocycles. The highest BCUT2D eigenvalue weighted by molar-refractivity contribution is 7.86. The van der Waals surface area contributed by atoms with E-state index in [1.54, 1.807) is 6.92 Å². The van der Waals surface area contributed by atoms with Crippen LogP contribution in [0.4, 0.5) is 5.69 Å². The van der Waals surface area contributed by atoms with Gasteiger partial charge in [0.2, 0.25) is 11.2 Å². The van der Waals surface area contributed by atoms with Crippen LogP contribution in [-0.4, -0.2) is 46.0 Å². The van der Waals surface area contributed by atoms with Crippen molar-refractivity contribution in [2.75, 3.05) is 29.5 Å². The van der Waals surface area contributed by atoms with E-state index in [0.29, 0.717) is 45.3 Å². The first-order valence-corrected chi connectivity index (χ1v) is 17.3. The Kier molecular flexibility index (Phi) is 11.1. The third-order valence-corrected chi connectivity index (χ3v) is 8.84. The van der Waals surface area contributed by atoms with Crippen molar-refractivity contribution in [2.24, 2.45) is 0 Å². The lowest BCUT2D eigenvalue weighted by atomic mass is 10.0. The van der Waals surface area contributed by atoms with E-state index in [1.165, 1.54) is 0 Å². The first-order chi connectivity index (χ1) is 20.2. The average molecular weight is 613 g/mol. The normalized spacial score (nSPS) is 14.7. The number of para-hydroxylation sites is 2. The second-order valence-corrected chi connectivity index (χ2v) is 13.3. The lowest BCUT2D eigenvalue weighted by molar-refractivity contribution is -0.673. The zero-order chi connectivity index (χ0) is 30.0. The Balaban J connectivity index is 1.53. The molecule has 224 valence electrons. The third-order valence-electron chi connectivity index (χ3n) is 6.87. The van der Waals surface area contributed by atoms with Gasteiger partial charge >= 0.3 is 0 Å². The van der Waals surface area contributed by atoms with Crippen LogP contribution in [0.1, 0.15) is 43.9 Å². The van der Waals surface area contributed by atoms with E-state index in [9.17, 15) is 16.8 Å². The Morgan fingerprint density at radius 1 is 0.905 bits per heavy atom. The van der Waals surface area contributed by atoms with Crippen LogP contribution in [-0.2, 0) is 31.1 Å². The van der Waals surface area contributed by atoms with Crippen LogP contribution in [0.3, 0.4) is 0 Å². The van der Waals surface area contributed by atoms with Crippen molar-refractivity contribution >= 4 is 49.0 Å². The van der Waals surface area contributed by atoms with Gasteiger partial charge < -0.3 is 4.90 Å². The molecule has 2 aromatic carbocycles. The third kappa shape index (κ3) is 9.07. The summed E-state index contributed by atoms with van der Waals surface area (Å²) in [5.41, 5.74) is 7.55. The lowest BCUT2D eigenvalue weighted by Gasteiger charge is -2.30. The Morgan fingerprint density at radius 3 is 2.48 bits per heavy atom. The van der Waals surface area contributed by atoms with Crippen LogP contribution in [0.25, 0.3) is 23.1 Å². The van der Waals surface area contributed by atoms with Gasteiger partial charge in [-0.1, -0.05) is 49.4 Å². The van der Waals surface area contributed by atoms with E-state index in [0.717, 1.165) is 33.5 Å².